The molecule has 3 nitrogen and oxygen atoms in total. The van der Waals surface area contributed by atoms with Gasteiger partial charge in [0.2, 0.25) is 0 Å². The average molecular weight is 255 g/mol. The lowest BCUT2D eigenvalue weighted by Crippen LogP contribution is -2.61. The van der Waals surface area contributed by atoms with Crippen molar-refractivity contribution in [3.05, 3.63) is 0 Å². The maximum atomic E-state index is 6.08. The van der Waals surface area contributed by atoms with Gasteiger partial charge in [-0.15, -0.1) is 0 Å². The molecule has 2 atom stereocenters. The molecule has 0 spiro atoms. The van der Waals surface area contributed by atoms with E-state index in [1.807, 2.05) is 0 Å². The Bertz CT molecular complexity index is 232. The Morgan fingerprint density at radius 2 is 1.94 bits per heavy atom. The number of hydrogen-bond donors (Lipinski definition) is 1. The van der Waals surface area contributed by atoms with Crippen LogP contribution in [0.3, 0.4) is 0 Å². The third-order valence-electron chi connectivity index (χ3n) is 4.69. The van der Waals surface area contributed by atoms with Crippen LogP contribution >= 0.6 is 0 Å². The summed E-state index contributed by atoms with van der Waals surface area (Å²) in [4.78, 5) is 5.21. The predicted molar refractivity (Wildman–Crippen MR) is 79.9 cm³/mol. The predicted octanol–water partition coefficient (Wildman–Crippen LogP) is 2.31. The summed E-state index contributed by atoms with van der Waals surface area (Å²) in [6.07, 6.45) is 5.18. The van der Waals surface area contributed by atoms with Crippen LogP contribution in [-0.2, 0) is 0 Å². The molecule has 0 aromatic heterocycles. The molecule has 1 fully saturated rings. The highest BCUT2D eigenvalue weighted by atomic mass is 15.3. The number of likely N-dealkylation sites (N-methyl/N-ethyl adjacent to an activating group) is 1. The van der Waals surface area contributed by atoms with Crippen LogP contribution < -0.4 is 5.73 Å². The number of piperazine rings is 1. The summed E-state index contributed by atoms with van der Waals surface area (Å²) in [6.45, 7) is 14.7. The molecule has 0 amide bonds. The van der Waals surface area contributed by atoms with Crippen LogP contribution in [0.5, 0.6) is 0 Å². The van der Waals surface area contributed by atoms with Crippen molar-refractivity contribution in [2.75, 3.05) is 32.7 Å². The lowest BCUT2D eigenvalue weighted by atomic mass is 9.91. The van der Waals surface area contributed by atoms with Crippen LogP contribution in [-0.4, -0.2) is 54.1 Å². The Hall–Kier alpha value is -0.120. The summed E-state index contributed by atoms with van der Waals surface area (Å²) >= 11 is 0. The number of unbranched alkanes of at least 4 members (excludes halogenated alkanes) is 2. The minimum atomic E-state index is 0.212. The first-order valence-electron chi connectivity index (χ1n) is 7.76. The van der Waals surface area contributed by atoms with Gasteiger partial charge in [0.15, 0.2) is 0 Å². The molecule has 2 unspecified atom stereocenters. The third kappa shape index (κ3) is 3.94. The summed E-state index contributed by atoms with van der Waals surface area (Å²) in [5.41, 5.74) is 6.29. The van der Waals surface area contributed by atoms with Gasteiger partial charge in [-0.05, 0) is 26.8 Å². The van der Waals surface area contributed by atoms with E-state index in [4.69, 9.17) is 5.73 Å². The second kappa shape index (κ2) is 7.46. The van der Waals surface area contributed by atoms with Crippen molar-refractivity contribution >= 4 is 0 Å². The standard InChI is InChI=1S/C15H33N3/c1-5-7-8-9-15(4,13-16)18-11-10-17(6-2)14(3)12-18/h14H,5-13,16H2,1-4H3. The lowest BCUT2D eigenvalue weighted by Gasteiger charge is -2.48. The molecule has 0 saturated carbocycles. The Kier molecular flexibility index (Phi) is 6.61. The van der Waals surface area contributed by atoms with E-state index in [2.05, 4.69) is 37.5 Å². The van der Waals surface area contributed by atoms with Crippen molar-refractivity contribution < 1.29 is 0 Å². The van der Waals surface area contributed by atoms with Gasteiger partial charge in [0.1, 0.15) is 0 Å². The van der Waals surface area contributed by atoms with Crippen molar-refractivity contribution in [2.45, 2.75) is 65.0 Å². The summed E-state index contributed by atoms with van der Waals surface area (Å²) in [6, 6.07) is 0.667. The van der Waals surface area contributed by atoms with Crippen molar-refractivity contribution in [2.24, 2.45) is 5.73 Å². The van der Waals surface area contributed by atoms with Crippen LogP contribution in [0.2, 0.25) is 0 Å². The van der Waals surface area contributed by atoms with Crippen molar-refractivity contribution in [3.63, 3.8) is 0 Å². The Labute approximate surface area is 114 Å². The zero-order valence-corrected chi connectivity index (χ0v) is 12.9. The molecular formula is C15H33N3. The Balaban J connectivity index is 2.54. The molecule has 0 aromatic rings. The van der Waals surface area contributed by atoms with Gasteiger partial charge in [-0.1, -0.05) is 33.1 Å². The van der Waals surface area contributed by atoms with Crippen LogP contribution in [0.25, 0.3) is 0 Å². The van der Waals surface area contributed by atoms with Gasteiger partial charge in [0.25, 0.3) is 0 Å². The summed E-state index contributed by atoms with van der Waals surface area (Å²) < 4.78 is 0. The second-order valence-electron chi connectivity index (χ2n) is 6.08. The van der Waals surface area contributed by atoms with Gasteiger partial charge in [0.05, 0.1) is 0 Å². The average Bonchev–Trinajstić information content (AvgIpc) is 2.38. The Morgan fingerprint density at radius 1 is 1.22 bits per heavy atom. The first kappa shape index (κ1) is 15.9. The topological polar surface area (TPSA) is 32.5 Å². The largest absolute Gasteiger partial charge is 0.329 e. The van der Waals surface area contributed by atoms with Gasteiger partial charge in [-0.2, -0.15) is 0 Å². The van der Waals surface area contributed by atoms with E-state index in [1.165, 1.54) is 51.9 Å². The molecule has 1 aliphatic heterocycles. The molecule has 0 radical (unpaired) electrons. The van der Waals surface area contributed by atoms with E-state index in [1.54, 1.807) is 0 Å². The number of nitrogens with zero attached hydrogens (tertiary/aromatic N) is 2. The van der Waals surface area contributed by atoms with Crippen molar-refractivity contribution in [3.8, 4) is 0 Å². The van der Waals surface area contributed by atoms with Gasteiger partial charge in [-0.3, -0.25) is 9.80 Å². The van der Waals surface area contributed by atoms with Crippen molar-refractivity contribution in [1.82, 2.24) is 9.80 Å². The normalized spacial score (nSPS) is 26.2. The second-order valence-corrected chi connectivity index (χ2v) is 6.08. The minimum absolute atomic E-state index is 0.212. The number of nitrogens with two attached hydrogens (primary N) is 1. The van der Waals surface area contributed by atoms with E-state index in [9.17, 15) is 0 Å². The summed E-state index contributed by atoms with van der Waals surface area (Å²) in [5, 5.41) is 0. The highest BCUT2D eigenvalue weighted by molar-refractivity contribution is 4.92. The minimum Gasteiger partial charge on any atom is -0.329 e. The quantitative estimate of drug-likeness (QED) is 0.709. The van der Waals surface area contributed by atoms with Crippen LogP contribution in [0.15, 0.2) is 0 Å². The van der Waals surface area contributed by atoms with Crippen LogP contribution in [0.1, 0.15) is 53.4 Å². The fourth-order valence-electron chi connectivity index (χ4n) is 3.10. The monoisotopic (exact) mass is 255 g/mol. The fourth-order valence-corrected chi connectivity index (χ4v) is 3.10. The Morgan fingerprint density at radius 3 is 2.44 bits per heavy atom. The fraction of sp³-hybridized carbons (Fsp3) is 1.00. The van der Waals surface area contributed by atoms with Gasteiger partial charge < -0.3 is 5.73 Å². The first-order chi connectivity index (χ1) is 8.57. The molecule has 1 heterocycles. The van der Waals surface area contributed by atoms with E-state index < -0.39 is 0 Å². The van der Waals surface area contributed by atoms with Gasteiger partial charge in [0, 0.05) is 37.8 Å². The SMILES string of the molecule is CCCCCC(C)(CN)N1CCN(CC)C(C)C1. The number of rotatable bonds is 7. The van der Waals surface area contributed by atoms with Crippen LogP contribution in [0.4, 0.5) is 0 Å². The van der Waals surface area contributed by atoms with Gasteiger partial charge >= 0.3 is 0 Å². The molecule has 1 aliphatic rings. The molecular weight excluding hydrogens is 222 g/mol. The van der Waals surface area contributed by atoms with Gasteiger partial charge in [-0.25, -0.2) is 0 Å². The van der Waals surface area contributed by atoms with E-state index in [0.717, 1.165) is 6.54 Å². The molecule has 18 heavy (non-hydrogen) atoms. The molecule has 2 N–H and O–H groups in total. The van der Waals surface area contributed by atoms with E-state index in [-0.39, 0.29) is 5.54 Å². The molecule has 0 aliphatic carbocycles. The third-order valence-corrected chi connectivity index (χ3v) is 4.69. The first-order valence-corrected chi connectivity index (χ1v) is 7.76. The molecule has 108 valence electrons. The molecule has 3 heteroatoms. The smallest absolute Gasteiger partial charge is 0.0304 e. The van der Waals surface area contributed by atoms with Crippen LogP contribution in [0, 0.1) is 0 Å². The zero-order chi connectivity index (χ0) is 13.6. The summed E-state index contributed by atoms with van der Waals surface area (Å²) in [7, 11) is 0. The maximum absolute atomic E-state index is 6.08. The van der Waals surface area contributed by atoms with E-state index in [0.29, 0.717) is 6.04 Å². The molecule has 0 bridgehead atoms. The summed E-state index contributed by atoms with van der Waals surface area (Å²) in [5.74, 6) is 0. The maximum Gasteiger partial charge on any atom is 0.0304 e. The van der Waals surface area contributed by atoms with E-state index >= 15 is 0 Å². The highest BCUT2D eigenvalue weighted by Crippen LogP contribution is 2.25. The lowest BCUT2D eigenvalue weighted by molar-refractivity contribution is 0.0133. The molecule has 0 aromatic carbocycles. The van der Waals surface area contributed by atoms with Crippen molar-refractivity contribution in [1.29, 1.82) is 0 Å². The zero-order valence-electron chi connectivity index (χ0n) is 12.9. The highest BCUT2D eigenvalue weighted by Gasteiger charge is 2.34. The number of hydrogen-bond acceptors (Lipinski definition) is 3. The molecule has 1 saturated heterocycles. The molecule has 1 rings (SSSR count).